The van der Waals surface area contributed by atoms with Crippen LogP contribution in [0.2, 0.25) is 0 Å². The Labute approximate surface area is 98.3 Å². The molecule has 0 aromatic rings. The van der Waals surface area contributed by atoms with E-state index in [0.29, 0.717) is 12.5 Å². The molecule has 94 valence electrons. The fourth-order valence-electron chi connectivity index (χ4n) is 2.38. The zero-order valence-electron chi connectivity index (χ0n) is 10.5. The summed E-state index contributed by atoms with van der Waals surface area (Å²) in [6, 6.07) is 0.222. The average Bonchev–Trinajstić information content (AvgIpc) is 2.26. The Morgan fingerprint density at radius 3 is 2.38 bits per heavy atom. The summed E-state index contributed by atoms with van der Waals surface area (Å²) in [5.74, 6) is 0.566. The number of amides is 2. The first-order chi connectivity index (χ1) is 7.63. The van der Waals surface area contributed by atoms with Gasteiger partial charge in [-0.1, -0.05) is 19.3 Å². The average molecular weight is 227 g/mol. The Kier molecular flexibility index (Phi) is 5.60. The summed E-state index contributed by atoms with van der Waals surface area (Å²) in [5.41, 5.74) is 5.74. The predicted molar refractivity (Wildman–Crippen MR) is 66.2 cm³/mol. The highest BCUT2D eigenvalue weighted by molar-refractivity contribution is 5.74. The number of urea groups is 1. The maximum Gasteiger partial charge on any atom is 0.315 e. The minimum atomic E-state index is -0.0870. The van der Waals surface area contributed by atoms with Crippen LogP contribution < -0.4 is 16.4 Å². The first-order valence-corrected chi connectivity index (χ1v) is 6.40. The molecule has 2 amide bonds. The molecule has 4 nitrogen and oxygen atoms in total. The first-order valence-electron chi connectivity index (χ1n) is 6.40. The lowest BCUT2D eigenvalue weighted by atomic mass is 9.84. The number of hydrogen-bond donors (Lipinski definition) is 3. The summed E-state index contributed by atoms with van der Waals surface area (Å²) in [4.78, 5) is 11.6. The molecule has 0 bridgehead atoms. The van der Waals surface area contributed by atoms with E-state index in [1.807, 2.05) is 13.8 Å². The summed E-state index contributed by atoms with van der Waals surface area (Å²) in [7, 11) is 0. The van der Waals surface area contributed by atoms with Crippen LogP contribution in [0.5, 0.6) is 0 Å². The van der Waals surface area contributed by atoms with E-state index in [-0.39, 0.29) is 18.1 Å². The summed E-state index contributed by atoms with van der Waals surface area (Å²) in [6.07, 6.45) is 6.27. The molecule has 0 aliphatic heterocycles. The lowest BCUT2D eigenvalue weighted by molar-refractivity contribution is 0.220. The van der Waals surface area contributed by atoms with Crippen molar-refractivity contribution >= 4 is 6.03 Å². The van der Waals surface area contributed by atoms with Crippen molar-refractivity contribution in [2.45, 2.75) is 58.0 Å². The van der Waals surface area contributed by atoms with Crippen LogP contribution in [-0.4, -0.2) is 24.7 Å². The van der Waals surface area contributed by atoms with Gasteiger partial charge in [0.2, 0.25) is 0 Å². The lowest BCUT2D eigenvalue weighted by Gasteiger charge is -2.30. The molecular formula is C12H25N3O. The topological polar surface area (TPSA) is 67.2 Å². The molecule has 1 aliphatic rings. The molecule has 1 rings (SSSR count). The molecule has 1 atom stereocenters. The zero-order chi connectivity index (χ0) is 12.0. The van der Waals surface area contributed by atoms with Gasteiger partial charge in [0.25, 0.3) is 0 Å². The van der Waals surface area contributed by atoms with Crippen LogP contribution in [0.1, 0.15) is 46.0 Å². The van der Waals surface area contributed by atoms with Crippen LogP contribution in [0, 0.1) is 5.92 Å². The third-order valence-corrected chi connectivity index (χ3v) is 3.21. The highest BCUT2D eigenvalue weighted by Gasteiger charge is 2.23. The van der Waals surface area contributed by atoms with E-state index in [1.165, 1.54) is 32.1 Å². The predicted octanol–water partition coefficient (Wildman–Crippen LogP) is 1.60. The second-order valence-corrected chi connectivity index (χ2v) is 5.01. The second kappa shape index (κ2) is 6.74. The van der Waals surface area contributed by atoms with Crippen molar-refractivity contribution in [3.63, 3.8) is 0 Å². The molecule has 1 saturated carbocycles. The fraction of sp³-hybridized carbons (Fsp3) is 0.917. The molecule has 16 heavy (non-hydrogen) atoms. The van der Waals surface area contributed by atoms with Crippen LogP contribution in [0.15, 0.2) is 0 Å². The molecule has 4 heteroatoms. The number of nitrogens with one attached hydrogen (secondary N) is 2. The van der Waals surface area contributed by atoms with E-state index in [0.717, 1.165) is 0 Å². The zero-order valence-corrected chi connectivity index (χ0v) is 10.5. The molecule has 0 spiro atoms. The third-order valence-electron chi connectivity index (χ3n) is 3.21. The smallest absolute Gasteiger partial charge is 0.315 e. The number of rotatable bonds is 4. The van der Waals surface area contributed by atoms with E-state index in [9.17, 15) is 4.79 Å². The van der Waals surface area contributed by atoms with Gasteiger partial charge in [-0.25, -0.2) is 4.79 Å². The van der Waals surface area contributed by atoms with E-state index >= 15 is 0 Å². The maximum absolute atomic E-state index is 11.6. The van der Waals surface area contributed by atoms with Gasteiger partial charge >= 0.3 is 6.03 Å². The van der Waals surface area contributed by atoms with Gasteiger partial charge < -0.3 is 16.4 Å². The van der Waals surface area contributed by atoms with Crippen molar-refractivity contribution in [2.24, 2.45) is 11.7 Å². The van der Waals surface area contributed by atoms with Crippen molar-refractivity contribution in [1.82, 2.24) is 10.6 Å². The molecule has 0 heterocycles. The quantitative estimate of drug-likeness (QED) is 0.683. The molecule has 0 aromatic carbocycles. The summed E-state index contributed by atoms with van der Waals surface area (Å²) < 4.78 is 0. The van der Waals surface area contributed by atoms with Crippen molar-refractivity contribution in [3.8, 4) is 0 Å². The minimum Gasteiger partial charge on any atom is -0.336 e. The Hall–Kier alpha value is -0.770. The standard InChI is InChI=1S/C12H25N3O/c1-9(2)14-12(16)15-11(8-13)10-6-4-3-5-7-10/h9-11H,3-8,13H2,1-2H3,(H2,14,15,16). The Bertz CT molecular complexity index is 212. The highest BCUT2D eigenvalue weighted by Crippen LogP contribution is 2.26. The van der Waals surface area contributed by atoms with E-state index in [4.69, 9.17) is 5.73 Å². The number of carbonyl (C=O) groups is 1. The van der Waals surface area contributed by atoms with E-state index < -0.39 is 0 Å². The summed E-state index contributed by atoms with van der Waals surface area (Å²) in [6.45, 7) is 4.45. The molecule has 0 radical (unpaired) electrons. The molecule has 1 aliphatic carbocycles. The van der Waals surface area contributed by atoms with Gasteiger partial charge in [0.05, 0.1) is 0 Å². The lowest BCUT2D eigenvalue weighted by Crippen LogP contribution is -2.50. The first kappa shape index (κ1) is 13.3. The van der Waals surface area contributed by atoms with Gasteiger partial charge in [0.1, 0.15) is 0 Å². The van der Waals surface area contributed by atoms with Crippen molar-refractivity contribution in [1.29, 1.82) is 0 Å². The monoisotopic (exact) mass is 227 g/mol. The summed E-state index contributed by atoms with van der Waals surface area (Å²) in [5, 5.41) is 5.83. The van der Waals surface area contributed by atoms with Gasteiger partial charge in [0.15, 0.2) is 0 Å². The molecule has 1 fully saturated rings. The van der Waals surface area contributed by atoms with E-state index in [2.05, 4.69) is 10.6 Å². The fourth-order valence-corrected chi connectivity index (χ4v) is 2.38. The molecule has 1 unspecified atom stereocenters. The normalized spacial score (nSPS) is 19.5. The number of hydrogen-bond acceptors (Lipinski definition) is 2. The van der Waals surface area contributed by atoms with Gasteiger partial charge in [-0.2, -0.15) is 0 Å². The van der Waals surface area contributed by atoms with Crippen molar-refractivity contribution in [3.05, 3.63) is 0 Å². The van der Waals surface area contributed by atoms with Crippen LogP contribution in [0.3, 0.4) is 0 Å². The third kappa shape index (κ3) is 4.39. The largest absolute Gasteiger partial charge is 0.336 e. The molecule has 0 saturated heterocycles. The van der Waals surface area contributed by atoms with Crippen molar-refractivity contribution < 1.29 is 4.79 Å². The van der Waals surface area contributed by atoms with Gasteiger partial charge in [-0.05, 0) is 32.6 Å². The Morgan fingerprint density at radius 2 is 1.88 bits per heavy atom. The molecular weight excluding hydrogens is 202 g/mol. The minimum absolute atomic E-state index is 0.0870. The maximum atomic E-state index is 11.6. The SMILES string of the molecule is CC(C)NC(=O)NC(CN)C1CCCCC1. The number of nitrogens with two attached hydrogens (primary N) is 1. The van der Waals surface area contributed by atoms with Crippen LogP contribution in [-0.2, 0) is 0 Å². The van der Waals surface area contributed by atoms with Gasteiger partial charge in [0, 0.05) is 18.6 Å². The van der Waals surface area contributed by atoms with Crippen LogP contribution >= 0.6 is 0 Å². The van der Waals surface area contributed by atoms with Gasteiger partial charge in [-0.3, -0.25) is 0 Å². The van der Waals surface area contributed by atoms with E-state index in [1.54, 1.807) is 0 Å². The number of carbonyl (C=O) groups excluding carboxylic acids is 1. The van der Waals surface area contributed by atoms with Crippen LogP contribution in [0.25, 0.3) is 0 Å². The van der Waals surface area contributed by atoms with Crippen molar-refractivity contribution in [2.75, 3.05) is 6.54 Å². The highest BCUT2D eigenvalue weighted by atomic mass is 16.2. The summed E-state index contributed by atoms with van der Waals surface area (Å²) >= 11 is 0. The Morgan fingerprint density at radius 1 is 1.25 bits per heavy atom. The van der Waals surface area contributed by atoms with Gasteiger partial charge in [-0.15, -0.1) is 0 Å². The van der Waals surface area contributed by atoms with Crippen LogP contribution in [0.4, 0.5) is 4.79 Å². The second-order valence-electron chi connectivity index (χ2n) is 5.01. The molecule has 4 N–H and O–H groups in total. The molecule has 0 aromatic heterocycles. The Balaban J connectivity index is 2.37.